The molecule has 0 atom stereocenters. The van der Waals surface area contributed by atoms with Crippen LogP contribution in [-0.2, 0) is 10.0 Å². The average Bonchev–Trinajstić information content (AvgIpc) is 2.91. The van der Waals surface area contributed by atoms with Gasteiger partial charge in [0, 0.05) is 0 Å². The molecule has 2 rings (SSSR count). The molecule has 0 saturated heterocycles. The van der Waals surface area contributed by atoms with Crippen LogP contribution in [0.2, 0.25) is 0 Å². The van der Waals surface area contributed by atoms with Gasteiger partial charge in [0.05, 0.1) is 22.8 Å². The number of aromatic nitrogens is 1. The fraction of sp³-hybridized carbons (Fsp3) is 0. The summed E-state index contributed by atoms with van der Waals surface area (Å²) in [7, 11) is -4.29. The van der Waals surface area contributed by atoms with E-state index < -0.39 is 37.4 Å². The van der Waals surface area contributed by atoms with E-state index in [1.54, 1.807) is 6.07 Å². The third-order valence-electron chi connectivity index (χ3n) is 2.32. The summed E-state index contributed by atoms with van der Waals surface area (Å²) < 4.78 is 39.2. The van der Waals surface area contributed by atoms with Crippen molar-refractivity contribution in [3.63, 3.8) is 0 Å². The zero-order valence-corrected chi connectivity index (χ0v) is 11.7. The lowest BCUT2D eigenvalue weighted by Gasteiger charge is -2.07. The van der Waals surface area contributed by atoms with Gasteiger partial charge < -0.3 is 5.11 Å². The van der Waals surface area contributed by atoms with E-state index in [4.69, 9.17) is 10.4 Å². The number of carboxylic acids is 1. The largest absolute Gasteiger partial charge is 0.476 e. The zero-order valence-electron chi connectivity index (χ0n) is 10.1. The molecule has 0 spiro atoms. The van der Waals surface area contributed by atoms with E-state index in [0.29, 0.717) is 11.3 Å². The van der Waals surface area contributed by atoms with Gasteiger partial charge in [-0.25, -0.2) is 22.6 Å². The smallest absolute Gasteiger partial charge is 0.356 e. The number of nitrogens with one attached hydrogen (secondary N) is 1. The van der Waals surface area contributed by atoms with E-state index in [9.17, 15) is 17.6 Å². The molecular weight excluding hydrogens is 321 g/mol. The van der Waals surface area contributed by atoms with Crippen molar-refractivity contribution in [1.82, 2.24) is 4.98 Å². The second kappa shape index (κ2) is 5.47. The number of thiazole rings is 1. The number of anilines is 1. The number of benzene rings is 1. The summed E-state index contributed by atoms with van der Waals surface area (Å²) in [5.74, 6) is -2.45. The molecule has 21 heavy (non-hydrogen) atoms. The SMILES string of the molecule is N#Cc1ccc(NS(=O)(=O)c2scnc2C(=O)O)c(F)c1. The predicted octanol–water partition coefficient (Wildman–Crippen LogP) is 1.65. The summed E-state index contributed by atoms with van der Waals surface area (Å²) in [6.45, 7) is 0. The third kappa shape index (κ3) is 2.99. The lowest BCUT2D eigenvalue weighted by Crippen LogP contribution is -2.16. The molecule has 2 N–H and O–H groups in total. The van der Waals surface area contributed by atoms with Crippen LogP contribution in [0.3, 0.4) is 0 Å². The lowest BCUT2D eigenvalue weighted by molar-refractivity contribution is 0.0687. The molecule has 0 amide bonds. The monoisotopic (exact) mass is 327 g/mol. The van der Waals surface area contributed by atoms with Crippen LogP contribution < -0.4 is 4.72 Å². The van der Waals surface area contributed by atoms with E-state index in [2.05, 4.69) is 4.98 Å². The third-order valence-corrected chi connectivity index (χ3v) is 5.06. The topological polar surface area (TPSA) is 120 Å². The Balaban J connectivity index is 2.41. The number of carboxylic acid groups (broad SMARTS) is 1. The summed E-state index contributed by atoms with van der Waals surface area (Å²) >= 11 is 0.600. The Morgan fingerprint density at radius 3 is 2.76 bits per heavy atom. The lowest BCUT2D eigenvalue weighted by atomic mass is 10.2. The Morgan fingerprint density at radius 1 is 1.48 bits per heavy atom. The number of hydrogen-bond donors (Lipinski definition) is 2. The summed E-state index contributed by atoms with van der Waals surface area (Å²) in [5.41, 5.74) is 0.0624. The second-order valence-corrected chi connectivity index (χ2v) is 6.44. The van der Waals surface area contributed by atoms with Gasteiger partial charge in [-0.2, -0.15) is 5.26 Å². The maximum absolute atomic E-state index is 13.7. The Morgan fingerprint density at radius 2 is 2.19 bits per heavy atom. The van der Waals surface area contributed by atoms with Crippen molar-refractivity contribution in [2.75, 3.05) is 4.72 Å². The molecule has 10 heteroatoms. The molecule has 0 fully saturated rings. The molecule has 0 aliphatic rings. The highest BCUT2D eigenvalue weighted by atomic mass is 32.2. The average molecular weight is 327 g/mol. The maximum atomic E-state index is 13.7. The minimum Gasteiger partial charge on any atom is -0.476 e. The van der Waals surface area contributed by atoms with E-state index in [1.807, 2.05) is 4.72 Å². The minimum absolute atomic E-state index is 0.0273. The van der Waals surface area contributed by atoms with Crippen LogP contribution in [0.15, 0.2) is 27.9 Å². The van der Waals surface area contributed by atoms with Gasteiger partial charge in [-0.3, -0.25) is 4.72 Å². The van der Waals surface area contributed by atoms with E-state index in [1.165, 1.54) is 6.07 Å². The molecule has 7 nitrogen and oxygen atoms in total. The molecule has 1 heterocycles. The predicted molar refractivity (Wildman–Crippen MR) is 71.0 cm³/mol. The number of carbonyl (C=O) groups is 1. The van der Waals surface area contributed by atoms with E-state index >= 15 is 0 Å². The number of rotatable bonds is 4. The summed E-state index contributed by atoms with van der Waals surface area (Å²) in [6, 6.07) is 4.87. The van der Waals surface area contributed by atoms with Crippen molar-refractivity contribution in [3.8, 4) is 6.07 Å². The van der Waals surface area contributed by atoms with Crippen LogP contribution in [0.4, 0.5) is 10.1 Å². The van der Waals surface area contributed by atoms with Crippen LogP contribution >= 0.6 is 11.3 Å². The first kappa shape index (κ1) is 14.9. The van der Waals surface area contributed by atoms with Gasteiger partial charge >= 0.3 is 5.97 Å². The standard InChI is InChI=1S/C11H6FN3O4S2/c12-7-3-6(4-13)1-2-8(7)15-21(18,19)11-9(10(16)17)14-5-20-11/h1-3,5,15H,(H,16,17). The molecule has 0 saturated carbocycles. The van der Waals surface area contributed by atoms with Gasteiger partial charge in [0.25, 0.3) is 10.0 Å². The van der Waals surface area contributed by atoms with Gasteiger partial charge in [0.15, 0.2) is 9.90 Å². The first-order chi connectivity index (χ1) is 9.85. The van der Waals surface area contributed by atoms with Crippen molar-refractivity contribution in [2.24, 2.45) is 0 Å². The molecule has 0 aliphatic heterocycles. The Bertz CT molecular complexity index is 855. The number of hydrogen-bond acceptors (Lipinski definition) is 6. The zero-order chi connectivity index (χ0) is 15.6. The summed E-state index contributed by atoms with van der Waals surface area (Å²) in [4.78, 5) is 14.3. The normalized spacial score (nSPS) is 10.9. The molecule has 0 unspecified atom stereocenters. The quantitative estimate of drug-likeness (QED) is 0.881. The molecule has 108 valence electrons. The highest BCUT2D eigenvalue weighted by Crippen LogP contribution is 2.24. The van der Waals surface area contributed by atoms with Crippen molar-refractivity contribution in [2.45, 2.75) is 4.21 Å². The second-order valence-electron chi connectivity index (χ2n) is 3.71. The molecule has 1 aromatic carbocycles. The van der Waals surface area contributed by atoms with Crippen LogP contribution in [0, 0.1) is 17.1 Å². The molecular formula is C11H6FN3O4S2. The van der Waals surface area contributed by atoms with Gasteiger partial charge in [-0.05, 0) is 18.2 Å². The fourth-order valence-corrected chi connectivity index (χ4v) is 3.64. The van der Waals surface area contributed by atoms with E-state index in [0.717, 1.165) is 17.6 Å². The van der Waals surface area contributed by atoms with Gasteiger partial charge in [-0.15, -0.1) is 11.3 Å². The van der Waals surface area contributed by atoms with Crippen molar-refractivity contribution in [3.05, 3.63) is 40.8 Å². The molecule has 0 radical (unpaired) electrons. The van der Waals surface area contributed by atoms with E-state index in [-0.39, 0.29) is 5.56 Å². The number of nitrogens with zero attached hydrogens (tertiary/aromatic N) is 2. The summed E-state index contributed by atoms with van der Waals surface area (Å²) in [6.07, 6.45) is 0. The van der Waals surface area contributed by atoms with Crippen molar-refractivity contribution in [1.29, 1.82) is 5.26 Å². The maximum Gasteiger partial charge on any atom is 0.356 e. The Labute approximate surface area is 122 Å². The first-order valence-corrected chi connectivity index (χ1v) is 7.60. The number of halogens is 1. The molecule has 2 aromatic rings. The highest BCUT2D eigenvalue weighted by Gasteiger charge is 2.26. The number of aromatic carboxylic acids is 1. The number of nitriles is 1. The van der Waals surface area contributed by atoms with Crippen LogP contribution in [-0.4, -0.2) is 24.5 Å². The van der Waals surface area contributed by atoms with Gasteiger partial charge in [0.1, 0.15) is 5.82 Å². The van der Waals surface area contributed by atoms with Gasteiger partial charge in [-0.1, -0.05) is 0 Å². The molecule has 1 aromatic heterocycles. The van der Waals surface area contributed by atoms with Crippen LogP contribution in [0.1, 0.15) is 16.1 Å². The van der Waals surface area contributed by atoms with Gasteiger partial charge in [0.2, 0.25) is 0 Å². The minimum atomic E-state index is -4.29. The fourth-order valence-electron chi connectivity index (χ4n) is 1.43. The van der Waals surface area contributed by atoms with Crippen molar-refractivity contribution >= 4 is 33.0 Å². The molecule has 0 bridgehead atoms. The Kier molecular flexibility index (Phi) is 3.88. The molecule has 0 aliphatic carbocycles. The first-order valence-electron chi connectivity index (χ1n) is 5.24. The Hall–Kier alpha value is -2.51. The number of sulfonamides is 1. The highest BCUT2D eigenvalue weighted by molar-refractivity contribution is 7.94. The summed E-state index contributed by atoms with van der Waals surface area (Å²) in [5, 5.41) is 17.5. The van der Waals surface area contributed by atoms with Crippen LogP contribution in [0.5, 0.6) is 0 Å². The van der Waals surface area contributed by atoms with Crippen molar-refractivity contribution < 1.29 is 22.7 Å². The van der Waals surface area contributed by atoms with Crippen LogP contribution in [0.25, 0.3) is 0 Å².